The Hall–Kier alpha value is -3.56. The van der Waals surface area contributed by atoms with E-state index in [1.165, 1.54) is 17.6 Å². The maximum atomic E-state index is 13.5. The molecular formula is C18H17F2N5O3. The van der Waals surface area contributed by atoms with Crippen LogP contribution < -0.4 is 15.4 Å². The van der Waals surface area contributed by atoms with Crippen LogP contribution in [0.2, 0.25) is 0 Å². The van der Waals surface area contributed by atoms with Crippen molar-refractivity contribution in [3.8, 4) is 5.88 Å². The van der Waals surface area contributed by atoms with Crippen LogP contribution in [0.15, 0.2) is 36.4 Å². The highest BCUT2D eigenvalue weighted by molar-refractivity contribution is 5.92. The van der Waals surface area contributed by atoms with Crippen LogP contribution in [0.4, 0.5) is 14.7 Å². The Bertz CT molecular complexity index is 1020. The van der Waals surface area contributed by atoms with Gasteiger partial charge in [-0.05, 0) is 18.2 Å². The molecule has 3 aromatic rings. The van der Waals surface area contributed by atoms with Crippen LogP contribution >= 0.6 is 0 Å². The summed E-state index contributed by atoms with van der Waals surface area (Å²) < 4.78 is 33.1. The maximum absolute atomic E-state index is 13.5. The van der Waals surface area contributed by atoms with E-state index in [9.17, 15) is 18.4 Å². The normalized spacial score (nSPS) is 10.7. The number of carbonyl (C=O) groups excluding carboxylic acids is 2. The number of rotatable bonds is 7. The monoisotopic (exact) mass is 389 g/mol. The fourth-order valence-corrected chi connectivity index (χ4v) is 2.51. The first-order chi connectivity index (χ1) is 13.5. The van der Waals surface area contributed by atoms with E-state index in [1.807, 2.05) is 0 Å². The summed E-state index contributed by atoms with van der Waals surface area (Å²) in [5.41, 5.74) is 0.648. The summed E-state index contributed by atoms with van der Waals surface area (Å²) in [6, 6.07) is 8.23. The minimum atomic E-state index is -0.745. The molecule has 0 saturated heterocycles. The molecule has 2 N–H and O–H groups in total. The minimum Gasteiger partial charge on any atom is -0.482 e. The summed E-state index contributed by atoms with van der Waals surface area (Å²) >= 11 is 0. The maximum Gasteiger partial charge on any atom is 0.238 e. The Labute approximate surface area is 158 Å². The molecule has 0 aliphatic rings. The number of pyridine rings is 1. The van der Waals surface area contributed by atoms with Crippen molar-refractivity contribution in [1.82, 2.24) is 19.9 Å². The molecule has 2 aromatic heterocycles. The molecule has 146 valence electrons. The van der Waals surface area contributed by atoms with Gasteiger partial charge in [0.15, 0.2) is 5.65 Å². The summed E-state index contributed by atoms with van der Waals surface area (Å²) in [4.78, 5) is 24.0. The predicted molar refractivity (Wildman–Crippen MR) is 95.6 cm³/mol. The molecule has 10 heteroatoms. The van der Waals surface area contributed by atoms with E-state index < -0.39 is 23.4 Å². The van der Waals surface area contributed by atoms with Crippen LogP contribution in [0.3, 0.4) is 0 Å². The lowest BCUT2D eigenvalue weighted by molar-refractivity contribution is -0.124. The second-order valence-corrected chi connectivity index (χ2v) is 5.85. The molecular weight excluding hydrogens is 372 g/mol. The number of nitrogens with zero attached hydrogens (tertiary/aromatic N) is 3. The van der Waals surface area contributed by atoms with Gasteiger partial charge in [-0.2, -0.15) is 0 Å². The average molecular weight is 389 g/mol. The topological polar surface area (TPSA) is 97.6 Å². The third-order valence-electron chi connectivity index (χ3n) is 3.92. The summed E-state index contributed by atoms with van der Waals surface area (Å²) in [5, 5.41) is 12.9. The molecule has 0 aliphatic heterocycles. The van der Waals surface area contributed by atoms with Crippen molar-refractivity contribution >= 4 is 23.4 Å². The first-order valence-electron chi connectivity index (χ1n) is 8.36. The van der Waals surface area contributed by atoms with E-state index in [-0.39, 0.29) is 30.9 Å². The number of methoxy groups -OCH3 is 1. The Kier molecular flexibility index (Phi) is 5.78. The molecule has 8 nitrogen and oxygen atoms in total. The molecule has 2 amide bonds. The number of halogens is 2. The molecule has 0 spiro atoms. The van der Waals surface area contributed by atoms with Crippen LogP contribution in [0.5, 0.6) is 5.88 Å². The van der Waals surface area contributed by atoms with Crippen molar-refractivity contribution in [3.05, 3.63) is 53.6 Å². The predicted octanol–water partition coefficient (Wildman–Crippen LogP) is 2.05. The number of benzene rings is 1. The van der Waals surface area contributed by atoms with Gasteiger partial charge < -0.3 is 10.1 Å². The second-order valence-electron chi connectivity index (χ2n) is 5.85. The zero-order valence-electron chi connectivity index (χ0n) is 14.9. The van der Waals surface area contributed by atoms with Crippen molar-refractivity contribution < 1.29 is 23.1 Å². The van der Waals surface area contributed by atoms with Crippen LogP contribution in [0.25, 0.3) is 5.65 Å². The quantitative estimate of drug-likeness (QED) is 0.645. The van der Waals surface area contributed by atoms with Crippen LogP contribution in [0.1, 0.15) is 18.4 Å². The van der Waals surface area contributed by atoms with Gasteiger partial charge in [0, 0.05) is 31.0 Å². The van der Waals surface area contributed by atoms with Crippen molar-refractivity contribution in [1.29, 1.82) is 0 Å². The van der Waals surface area contributed by atoms with Gasteiger partial charge in [-0.25, -0.2) is 13.2 Å². The Morgan fingerprint density at radius 1 is 1.11 bits per heavy atom. The third-order valence-corrected chi connectivity index (χ3v) is 3.92. The molecule has 0 radical (unpaired) electrons. The molecule has 0 bridgehead atoms. The van der Waals surface area contributed by atoms with Gasteiger partial charge in [0.05, 0.1) is 7.11 Å². The molecule has 2 heterocycles. The van der Waals surface area contributed by atoms with E-state index in [0.717, 1.165) is 12.1 Å². The zero-order chi connectivity index (χ0) is 20.1. The van der Waals surface area contributed by atoms with Gasteiger partial charge in [0.1, 0.15) is 11.6 Å². The molecule has 28 heavy (non-hydrogen) atoms. The zero-order valence-corrected chi connectivity index (χ0v) is 14.9. The van der Waals surface area contributed by atoms with E-state index in [2.05, 4.69) is 20.8 Å². The summed E-state index contributed by atoms with van der Waals surface area (Å²) in [6.07, 6.45) is -0.218. The fraction of sp³-hybridized carbons (Fsp3) is 0.222. The Balaban J connectivity index is 1.52. The smallest absolute Gasteiger partial charge is 0.238 e. The molecule has 0 atom stereocenters. The van der Waals surface area contributed by atoms with Gasteiger partial charge in [-0.1, -0.05) is 12.1 Å². The number of fused-ring (bicyclic) bond motifs is 1. The fourth-order valence-electron chi connectivity index (χ4n) is 2.51. The lowest BCUT2D eigenvalue weighted by Gasteiger charge is -2.08. The number of anilines is 1. The highest BCUT2D eigenvalue weighted by Crippen LogP contribution is 2.18. The van der Waals surface area contributed by atoms with Gasteiger partial charge in [-0.3, -0.25) is 14.9 Å². The minimum absolute atomic E-state index is 0.0986. The lowest BCUT2D eigenvalue weighted by atomic mass is 10.2. The number of nitrogens with one attached hydrogen (secondary N) is 2. The number of amides is 2. The molecule has 3 rings (SSSR count). The number of hydrogen-bond acceptors (Lipinski definition) is 5. The largest absolute Gasteiger partial charge is 0.482 e. The van der Waals surface area contributed by atoms with Gasteiger partial charge >= 0.3 is 0 Å². The second kappa shape index (κ2) is 8.42. The lowest BCUT2D eigenvalue weighted by Crippen LogP contribution is -2.25. The van der Waals surface area contributed by atoms with Crippen LogP contribution in [0, 0.1) is 11.6 Å². The van der Waals surface area contributed by atoms with Crippen molar-refractivity contribution in [2.24, 2.45) is 0 Å². The van der Waals surface area contributed by atoms with Crippen molar-refractivity contribution in [2.45, 2.75) is 19.4 Å². The molecule has 0 aliphatic carbocycles. The Morgan fingerprint density at radius 3 is 2.64 bits per heavy atom. The molecule has 0 saturated carbocycles. The number of hydrogen-bond donors (Lipinski definition) is 2. The van der Waals surface area contributed by atoms with Crippen molar-refractivity contribution in [2.75, 3.05) is 12.4 Å². The van der Waals surface area contributed by atoms with Gasteiger partial charge in [-0.15, -0.1) is 10.2 Å². The highest BCUT2D eigenvalue weighted by Gasteiger charge is 2.14. The van der Waals surface area contributed by atoms with Crippen molar-refractivity contribution in [3.63, 3.8) is 0 Å². The average Bonchev–Trinajstić information content (AvgIpc) is 3.08. The SMILES string of the molecule is COc1cccc2nnc(NC(=O)CCC(=O)NCc3ccc(F)cc3F)n12. The van der Waals surface area contributed by atoms with Gasteiger partial charge in [0.2, 0.25) is 23.6 Å². The molecule has 1 aromatic carbocycles. The number of aromatic nitrogens is 3. The Morgan fingerprint density at radius 2 is 1.89 bits per heavy atom. The number of carbonyl (C=O) groups is 2. The summed E-state index contributed by atoms with van der Waals surface area (Å²) in [5.74, 6) is -1.71. The highest BCUT2D eigenvalue weighted by atomic mass is 19.1. The van der Waals surface area contributed by atoms with Gasteiger partial charge in [0.25, 0.3) is 0 Å². The summed E-state index contributed by atoms with van der Waals surface area (Å²) in [7, 11) is 1.48. The van der Waals surface area contributed by atoms with E-state index in [0.29, 0.717) is 11.5 Å². The molecule has 0 fully saturated rings. The number of ether oxygens (including phenoxy) is 1. The summed E-state index contributed by atoms with van der Waals surface area (Å²) in [6.45, 7) is -0.0986. The first-order valence-corrected chi connectivity index (χ1v) is 8.36. The first kappa shape index (κ1) is 19.2. The third kappa shape index (κ3) is 4.40. The standard InChI is InChI=1S/C18H17F2N5O3/c1-28-17-4-2-3-14-23-24-18(25(14)17)22-16(27)8-7-15(26)21-10-11-5-6-12(19)9-13(11)20/h2-6,9H,7-8,10H2,1H3,(H,21,26)(H,22,24,27). The van der Waals surface area contributed by atoms with E-state index >= 15 is 0 Å². The van der Waals surface area contributed by atoms with E-state index in [1.54, 1.807) is 18.2 Å². The van der Waals surface area contributed by atoms with Crippen LogP contribution in [-0.2, 0) is 16.1 Å². The molecule has 0 unspecified atom stereocenters. The van der Waals surface area contributed by atoms with E-state index in [4.69, 9.17) is 4.74 Å². The van der Waals surface area contributed by atoms with Crippen LogP contribution in [-0.4, -0.2) is 33.5 Å².